The van der Waals surface area contributed by atoms with Crippen LogP contribution in [-0.4, -0.2) is 45.1 Å². The first-order valence-corrected chi connectivity index (χ1v) is 6.14. The van der Waals surface area contributed by atoms with Gasteiger partial charge in [-0.05, 0) is 58.4 Å². The van der Waals surface area contributed by atoms with Gasteiger partial charge in [-0.2, -0.15) is 0 Å². The zero-order valence-electron chi connectivity index (χ0n) is 10.1. The molecule has 0 aliphatic rings. The molecule has 0 aliphatic carbocycles. The van der Waals surface area contributed by atoms with Gasteiger partial charge in [-0.15, -0.1) is 0 Å². The first-order valence-electron chi connectivity index (χ1n) is 6.14. The standard InChI is InChI=1S/C11H26N4O/c12-5-2-8-14-7-1-4-11(10-16)15-9-3-6-13/h10-11,14-15H,1-9,12-13H2. The van der Waals surface area contributed by atoms with E-state index in [2.05, 4.69) is 10.6 Å². The van der Waals surface area contributed by atoms with Crippen LogP contribution >= 0.6 is 0 Å². The molecule has 0 bridgehead atoms. The highest BCUT2D eigenvalue weighted by Gasteiger charge is 2.04. The van der Waals surface area contributed by atoms with Gasteiger partial charge in [0.2, 0.25) is 0 Å². The third-order valence-electron chi connectivity index (χ3n) is 2.38. The predicted molar refractivity (Wildman–Crippen MR) is 67.3 cm³/mol. The van der Waals surface area contributed by atoms with E-state index in [1.807, 2.05) is 0 Å². The summed E-state index contributed by atoms with van der Waals surface area (Å²) in [7, 11) is 0. The van der Waals surface area contributed by atoms with Crippen molar-refractivity contribution < 1.29 is 4.79 Å². The van der Waals surface area contributed by atoms with Gasteiger partial charge in [-0.25, -0.2) is 0 Å². The summed E-state index contributed by atoms with van der Waals surface area (Å²) < 4.78 is 0. The summed E-state index contributed by atoms with van der Waals surface area (Å²) in [5.74, 6) is 0. The van der Waals surface area contributed by atoms with E-state index in [4.69, 9.17) is 11.5 Å². The maximum Gasteiger partial charge on any atom is 0.136 e. The number of hydrogen-bond donors (Lipinski definition) is 4. The highest BCUT2D eigenvalue weighted by Crippen LogP contribution is 1.93. The lowest BCUT2D eigenvalue weighted by atomic mass is 10.1. The van der Waals surface area contributed by atoms with Gasteiger partial charge in [0.15, 0.2) is 0 Å². The summed E-state index contributed by atoms with van der Waals surface area (Å²) >= 11 is 0. The quantitative estimate of drug-likeness (QED) is 0.260. The lowest BCUT2D eigenvalue weighted by Crippen LogP contribution is -2.33. The Hall–Kier alpha value is -0.490. The van der Waals surface area contributed by atoms with Crippen LogP contribution in [0.2, 0.25) is 0 Å². The van der Waals surface area contributed by atoms with Crippen LogP contribution in [0.3, 0.4) is 0 Å². The number of rotatable bonds is 12. The Labute approximate surface area is 98.3 Å². The van der Waals surface area contributed by atoms with Gasteiger partial charge in [0.1, 0.15) is 6.29 Å². The van der Waals surface area contributed by atoms with Crippen LogP contribution in [0.1, 0.15) is 25.7 Å². The fourth-order valence-electron chi connectivity index (χ4n) is 1.41. The van der Waals surface area contributed by atoms with Crippen molar-refractivity contribution in [3.63, 3.8) is 0 Å². The first-order chi connectivity index (χ1) is 7.85. The second-order valence-electron chi connectivity index (χ2n) is 3.87. The Morgan fingerprint density at radius 1 is 1.00 bits per heavy atom. The van der Waals surface area contributed by atoms with Crippen molar-refractivity contribution in [2.45, 2.75) is 31.7 Å². The molecule has 0 rings (SSSR count). The largest absolute Gasteiger partial charge is 0.330 e. The molecule has 0 aromatic heterocycles. The molecule has 0 aliphatic heterocycles. The van der Waals surface area contributed by atoms with Crippen molar-refractivity contribution >= 4 is 6.29 Å². The molecule has 0 heterocycles. The number of hydrogen-bond acceptors (Lipinski definition) is 5. The monoisotopic (exact) mass is 230 g/mol. The van der Waals surface area contributed by atoms with Crippen LogP contribution in [0.4, 0.5) is 0 Å². The van der Waals surface area contributed by atoms with E-state index < -0.39 is 0 Å². The van der Waals surface area contributed by atoms with Crippen molar-refractivity contribution in [2.75, 3.05) is 32.7 Å². The molecule has 0 saturated heterocycles. The minimum absolute atomic E-state index is 0.0251. The molecule has 1 atom stereocenters. The van der Waals surface area contributed by atoms with Crippen molar-refractivity contribution in [1.29, 1.82) is 0 Å². The molecule has 96 valence electrons. The lowest BCUT2D eigenvalue weighted by molar-refractivity contribution is -0.109. The normalized spacial score (nSPS) is 12.6. The molecular formula is C11H26N4O. The Kier molecular flexibility index (Phi) is 12.2. The Morgan fingerprint density at radius 2 is 1.62 bits per heavy atom. The number of nitrogens with one attached hydrogen (secondary N) is 2. The van der Waals surface area contributed by atoms with E-state index >= 15 is 0 Å². The second kappa shape index (κ2) is 12.6. The SMILES string of the molecule is NCCCNCCCC(C=O)NCCCN. The molecule has 1 unspecified atom stereocenters. The molecule has 6 N–H and O–H groups in total. The van der Waals surface area contributed by atoms with Crippen molar-refractivity contribution in [3.05, 3.63) is 0 Å². The Bertz CT molecular complexity index is 155. The van der Waals surface area contributed by atoms with Crippen LogP contribution in [0.15, 0.2) is 0 Å². The molecule has 0 fully saturated rings. The molecule has 0 saturated carbocycles. The summed E-state index contributed by atoms with van der Waals surface area (Å²) in [5.41, 5.74) is 10.8. The van der Waals surface area contributed by atoms with Gasteiger partial charge in [-0.1, -0.05) is 0 Å². The highest BCUT2D eigenvalue weighted by molar-refractivity contribution is 5.57. The zero-order valence-corrected chi connectivity index (χ0v) is 10.1. The van der Waals surface area contributed by atoms with E-state index in [9.17, 15) is 4.79 Å². The molecule has 0 aromatic rings. The minimum atomic E-state index is -0.0251. The smallest absolute Gasteiger partial charge is 0.136 e. The minimum Gasteiger partial charge on any atom is -0.330 e. The van der Waals surface area contributed by atoms with Crippen LogP contribution in [0.5, 0.6) is 0 Å². The molecule has 0 amide bonds. The molecule has 5 nitrogen and oxygen atoms in total. The fraction of sp³-hybridized carbons (Fsp3) is 0.909. The van der Waals surface area contributed by atoms with Gasteiger partial charge in [0.05, 0.1) is 6.04 Å². The number of nitrogens with two attached hydrogens (primary N) is 2. The molecule has 5 heteroatoms. The second-order valence-corrected chi connectivity index (χ2v) is 3.87. The van der Waals surface area contributed by atoms with E-state index in [0.717, 1.165) is 58.1 Å². The highest BCUT2D eigenvalue weighted by atomic mass is 16.1. The van der Waals surface area contributed by atoms with E-state index in [-0.39, 0.29) is 6.04 Å². The lowest BCUT2D eigenvalue weighted by Gasteiger charge is -2.12. The molecular weight excluding hydrogens is 204 g/mol. The summed E-state index contributed by atoms with van der Waals surface area (Å²) in [6.45, 7) is 4.12. The van der Waals surface area contributed by atoms with Crippen molar-refractivity contribution in [2.24, 2.45) is 11.5 Å². The van der Waals surface area contributed by atoms with Crippen molar-refractivity contribution in [3.8, 4) is 0 Å². The summed E-state index contributed by atoms with van der Waals surface area (Å²) in [5, 5.41) is 6.47. The maximum absolute atomic E-state index is 10.7. The van der Waals surface area contributed by atoms with E-state index in [0.29, 0.717) is 6.54 Å². The van der Waals surface area contributed by atoms with Gasteiger partial charge < -0.3 is 26.9 Å². The average Bonchev–Trinajstić information content (AvgIpc) is 2.31. The van der Waals surface area contributed by atoms with E-state index in [1.54, 1.807) is 0 Å². The number of carbonyl (C=O) groups is 1. The van der Waals surface area contributed by atoms with Gasteiger partial charge in [0.25, 0.3) is 0 Å². The van der Waals surface area contributed by atoms with Gasteiger partial charge >= 0.3 is 0 Å². The van der Waals surface area contributed by atoms with Gasteiger partial charge in [-0.3, -0.25) is 0 Å². The fourth-order valence-corrected chi connectivity index (χ4v) is 1.41. The summed E-state index contributed by atoms with van der Waals surface area (Å²) in [6.07, 6.45) is 4.79. The molecule has 0 spiro atoms. The van der Waals surface area contributed by atoms with E-state index in [1.165, 1.54) is 0 Å². The zero-order chi connectivity index (χ0) is 12.1. The first kappa shape index (κ1) is 15.5. The van der Waals surface area contributed by atoms with Crippen LogP contribution in [-0.2, 0) is 4.79 Å². The summed E-state index contributed by atoms with van der Waals surface area (Å²) in [4.78, 5) is 10.7. The summed E-state index contributed by atoms with van der Waals surface area (Å²) in [6, 6.07) is -0.0251. The van der Waals surface area contributed by atoms with Crippen LogP contribution in [0, 0.1) is 0 Å². The Morgan fingerprint density at radius 3 is 2.25 bits per heavy atom. The van der Waals surface area contributed by atoms with Crippen LogP contribution in [0.25, 0.3) is 0 Å². The third-order valence-corrected chi connectivity index (χ3v) is 2.38. The molecule has 16 heavy (non-hydrogen) atoms. The maximum atomic E-state index is 10.7. The van der Waals surface area contributed by atoms with Crippen molar-refractivity contribution in [1.82, 2.24) is 10.6 Å². The number of carbonyl (C=O) groups excluding carboxylic acids is 1. The number of aldehydes is 1. The molecule has 0 radical (unpaired) electrons. The topological polar surface area (TPSA) is 93.2 Å². The third kappa shape index (κ3) is 10.0. The van der Waals surface area contributed by atoms with Gasteiger partial charge in [0, 0.05) is 0 Å². The average molecular weight is 230 g/mol. The van der Waals surface area contributed by atoms with Crippen LogP contribution < -0.4 is 22.1 Å². The molecule has 0 aromatic carbocycles. The predicted octanol–water partition coefficient (Wildman–Crippen LogP) is -0.789. The Balaban J connectivity index is 3.30.